The molecule has 1 aromatic heterocycles. The number of rotatable bonds is 3. The van der Waals surface area contributed by atoms with E-state index in [1.54, 1.807) is 0 Å². The molecule has 0 aliphatic carbocycles. The van der Waals surface area contributed by atoms with E-state index in [1.165, 1.54) is 12.1 Å². The molecule has 0 aliphatic rings. The van der Waals surface area contributed by atoms with Crippen molar-refractivity contribution in [2.24, 2.45) is 0 Å². The molecule has 0 bridgehead atoms. The molecule has 19 heavy (non-hydrogen) atoms. The van der Waals surface area contributed by atoms with Crippen LogP contribution >= 0.6 is 15.9 Å². The first-order valence-corrected chi connectivity index (χ1v) is 6.21. The summed E-state index contributed by atoms with van der Waals surface area (Å²) in [5, 5.41) is 13.8. The predicted octanol–water partition coefficient (Wildman–Crippen LogP) is 3.39. The average Bonchev–Trinajstić information content (AvgIpc) is 2.34. The van der Waals surface area contributed by atoms with Crippen LogP contribution in [-0.2, 0) is 0 Å². The summed E-state index contributed by atoms with van der Waals surface area (Å²) in [6, 6.07) is 8.20. The van der Waals surface area contributed by atoms with Gasteiger partial charge in [0.1, 0.15) is 11.6 Å². The lowest BCUT2D eigenvalue weighted by molar-refractivity contribution is -0.384. The highest BCUT2D eigenvalue weighted by Crippen LogP contribution is 2.27. The minimum Gasteiger partial charge on any atom is -0.383 e. The lowest BCUT2D eigenvalue weighted by Gasteiger charge is -2.10. The van der Waals surface area contributed by atoms with Crippen LogP contribution in [0.15, 0.2) is 34.8 Å². The molecule has 0 saturated heterocycles. The summed E-state index contributed by atoms with van der Waals surface area (Å²) >= 11 is 3.42. The van der Waals surface area contributed by atoms with Crippen LogP contribution in [0.5, 0.6) is 0 Å². The molecule has 1 aromatic carbocycles. The molecule has 0 fully saturated rings. The van der Waals surface area contributed by atoms with Gasteiger partial charge in [-0.2, -0.15) is 0 Å². The van der Waals surface area contributed by atoms with E-state index < -0.39 is 4.92 Å². The van der Waals surface area contributed by atoms with E-state index in [4.69, 9.17) is 5.73 Å². The van der Waals surface area contributed by atoms with Crippen molar-refractivity contribution in [3.63, 3.8) is 0 Å². The molecule has 0 radical (unpaired) electrons. The number of nitrogens with two attached hydrogens (primary N) is 1. The molecular formula is C12H11BrN4O2. The Hall–Kier alpha value is -2.15. The number of nitrogens with zero attached hydrogens (tertiary/aromatic N) is 2. The van der Waals surface area contributed by atoms with E-state index in [2.05, 4.69) is 26.2 Å². The Morgan fingerprint density at radius 3 is 2.84 bits per heavy atom. The highest BCUT2D eigenvalue weighted by Gasteiger charge is 2.11. The second-order valence-electron chi connectivity index (χ2n) is 3.93. The molecule has 0 atom stereocenters. The molecule has 2 aromatic rings. The van der Waals surface area contributed by atoms with Crippen molar-refractivity contribution in [2.75, 3.05) is 11.1 Å². The Morgan fingerprint density at radius 2 is 2.16 bits per heavy atom. The summed E-state index contributed by atoms with van der Waals surface area (Å²) in [7, 11) is 0. The van der Waals surface area contributed by atoms with Crippen LogP contribution in [0, 0.1) is 17.0 Å². The third-order valence-corrected chi connectivity index (χ3v) is 3.43. The molecule has 6 nitrogen and oxygen atoms in total. The largest absolute Gasteiger partial charge is 0.383 e. The lowest BCUT2D eigenvalue weighted by atomic mass is 10.2. The van der Waals surface area contributed by atoms with Crippen molar-refractivity contribution >= 4 is 38.9 Å². The maximum atomic E-state index is 10.8. The quantitative estimate of drug-likeness (QED) is 0.667. The van der Waals surface area contributed by atoms with Crippen LogP contribution in [0.3, 0.4) is 0 Å². The fourth-order valence-corrected chi connectivity index (χ4v) is 1.95. The Morgan fingerprint density at radius 1 is 1.42 bits per heavy atom. The molecule has 2 rings (SSSR count). The molecule has 0 unspecified atom stereocenters. The number of nitro groups is 1. The summed E-state index contributed by atoms with van der Waals surface area (Å²) in [4.78, 5) is 14.3. The number of nitrogen functional groups attached to an aromatic ring is 1. The van der Waals surface area contributed by atoms with Gasteiger partial charge in [0.15, 0.2) is 0 Å². The maximum absolute atomic E-state index is 10.8. The third kappa shape index (κ3) is 3.00. The van der Waals surface area contributed by atoms with E-state index in [9.17, 15) is 10.1 Å². The number of benzene rings is 1. The zero-order chi connectivity index (χ0) is 14.0. The van der Waals surface area contributed by atoms with Crippen molar-refractivity contribution in [1.82, 2.24) is 4.98 Å². The summed E-state index contributed by atoms with van der Waals surface area (Å²) in [5.74, 6) is 0.442. The van der Waals surface area contributed by atoms with Crippen molar-refractivity contribution in [1.29, 1.82) is 0 Å². The van der Waals surface area contributed by atoms with E-state index in [0.29, 0.717) is 5.82 Å². The first-order chi connectivity index (χ1) is 8.97. The van der Waals surface area contributed by atoms with Crippen molar-refractivity contribution in [3.05, 3.63) is 50.5 Å². The first-order valence-electron chi connectivity index (χ1n) is 5.41. The molecule has 1 heterocycles. The molecule has 0 amide bonds. The van der Waals surface area contributed by atoms with Crippen LogP contribution in [0.25, 0.3) is 0 Å². The van der Waals surface area contributed by atoms with Gasteiger partial charge in [0, 0.05) is 10.2 Å². The third-order valence-electron chi connectivity index (χ3n) is 2.57. The van der Waals surface area contributed by atoms with Gasteiger partial charge in [-0.25, -0.2) is 4.98 Å². The number of pyridine rings is 1. The van der Waals surface area contributed by atoms with Gasteiger partial charge in [0.2, 0.25) is 0 Å². The van der Waals surface area contributed by atoms with Gasteiger partial charge >= 0.3 is 0 Å². The zero-order valence-electron chi connectivity index (χ0n) is 10.1. The predicted molar refractivity (Wildman–Crippen MR) is 77.5 cm³/mol. The van der Waals surface area contributed by atoms with Crippen LogP contribution < -0.4 is 11.1 Å². The SMILES string of the molecule is Cc1c(Br)cccc1Nc1cc([N+](=O)[O-])cc(N)n1. The number of halogens is 1. The van der Waals surface area contributed by atoms with Crippen molar-refractivity contribution < 1.29 is 4.92 Å². The first kappa shape index (κ1) is 13.3. The zero-order valence-corrected chi connectivity index (χ0v) is 11.6. The molecule has 3 N–H and O–H groups in total. The fourth-order valence-electron chi connectivity index (χ4n) is 1.59. The molecule has 0 spiro atoms. The monoisotopic (exact) mass is 322 g/mol. The van der Waals surface area contributed by atoms with E-state index in [-0.39, 0.29) is 11.5 Å². The minimum absolute atomic E-state index is 0.0948. The van der Waals surface area contributed by atoms with Gasteiger partial charge in [-0.1, -0.05) is 22.0 Å². The van der Waals surface area contributed by atoms with Crippen LogP contribution in [-0.4, -0.2) is 9.91 Å². The molecule has 7 heteroatoms. The smallest absolute Gasteiger partial charge is 0.276 e. The van der Waals surface area contributed by atoms with Gasteiger partial charge in [-0.15, -0.1) is 0 Å². The second-order valence-corrected chi connectivity index (χ2v) is 4.78. The average molecular weight is 323 g/mol. The maximum Gasteiger partial charge on any atom is 0.276 e. The van der Waals surface area contributed by atoms with Gasteiger partial charge < -0.3 is 11.1 Å². The highest BCUT2D eigenvalue weighted by atomic mass is 79.9. The summed E-state index contributed by atoms with van der Waals surface area (Å²) in [5.41, 5.74) is 7.25. The van der Waals surface area contributed by atoms with Crippen LogP contribution in [0.2, 0.25) is 0 Å². The Bertz CT molecular complexity index is 646. The number of aromatic nitrogens is 1. The van der Waals surface area contributed by atoms with Gasteiger partial charge in [-0.3, -0.25) is 10.1 Å². The van der Waals surface area contributed by atoms with Crippen LogP contribution in [0.4, 0.5) is 23.0 Å². The fraction of sp³-hybridized carbons (Fsp3) is 0.0833. The standard InChI is InChI=1S/C12H11BrN4O2/c1-7-9(13)3-2-4-10(7)15-12-6-8(17(18)19)5-11(14)16-12/h2-6H,1H3,(H3,14,15,16). The highest BCUT2D eigenvalue weighted by molar-refractivity contribution is 9.10. The molecule has 98 valence electrons. The van der Waals surface area contributed by atoms with Gasteiger partial charge in [0.05, 0.1) is 17.1 Å². The Labute approximate surface area is 117 Å². The van der Waals surface area contributed by atoms with Crippen molar-refractivity contribution in [3.8, 4) is 0 Å². The summed E-state index contributed by atoms with van der Waals surface area (Å²) in [6.45, 7) is 1.92. The van der Waals surface area contributed by atoms with Gasteiger partial charge in [-0.05, 0) is 24.6 Å². The Balaban J connectivity index is 2.38. The Kier molecular flexibility index (Phi) is 3.66. The number of hydrogen-bond donors (Lipinski definition) is 2. The molecule has 0 saturated carbocycles. The van der Waals surface area contributed by atoms with Crippen LogP contribution in [0.1, 0.15) is 5.56 Å². The second kappa shape index (κ2) is 5.23. The minimum atomic E-state index is -0.503. The lowest BCUT2D eigenvalue weighted by Crippen LogP contribution is -2.01. The van der Waals surface area contributed by atoms with E-state index in [0.717, 1.165) is 15.7 Å². The van der Waals surface area contributed by atoms with E-state index >= 15 is 0 Å². The van der Waals surface area contributed by atoms with Crippen molar-refractivity contribution in [2.45, 2.75) is 6.92 Å². The molecule has 0 aliphatic heterocycles. The van der Waals surface area contributed by atoms with Gasteiger partial charge in [0.25, 0.3) is 5.69 Å². The number of nitrogens with one attached hydrogen (secondary N) is 1. The van der Waals surface area contributed by atoms with E-state index in [1.807, 2.05) is 25.1 Å². The normalized spacial score (nSPS) is 10.2. The molecular weight excluding hydrogens is 312 g/mol. The summed E-state index contributed by atoms with van der Waals surface area (Å²) < 4.78 is 0.941. The number of anilines is 3. The topological polar surface area (TPSA) is 94.1 Å². The number of hydrogen-bond acceptors (Lipinski definition) is 5. The summed E-state index contributed by atoms with van der Waals surface area (Å²) in [6.07, 6.45) is 0.